The van der Waals surface area contributed by atoms with E-state index >= 15 is 0 Å². The lowest BCUT2D eigenvalue weighted by molar-refractivity contribution is 0.0683. The smallest absolute Gasteiger partial charge is 0.237 e. The number of nitrogens with zero attached hydrogens (tertiary/aromatic N) is 2. The summed E-state index contributed by atoms with van der Waals surface area (Å²) in [5.41, 5.74) is 0. The van der Waals surface area contributed by atoms with Gasteiger partial charge in [-0.05, 0) is 38.1 Å². The van der Waals surface area contributed by atoms with Gasteiger partial charge in [0.25, 0.3) is 0 Å². The summed E-state index contributed by atoms with van der Waals surface area (Å²) < 4.78 is 10.6. The second-order valence-electron chi connectivity index (χ2n) is 3.89. The molecule has 0 bridgehead atoms. The van der Waals surface area contributed by atoms with E-state index in [1.54, 1.807) is 11.8 Å². The molecule has 0 saturated heterocycles. The van der Waals surface area contributed by atoms with Crippen molar-refractivity contribution < 1.29 is 9.26 Å². The largest absolute Gasteiger partial charge is 0.371 e. The van der Waals surface area contributed by atoms with Gasteiger partial charge in [-0.3, -0.25) is 0 Å². The molecule has 0 saturated carbocycles. The first kappa shape index (κ1) is 14.4. The Balaban J connectivity index is 1.91. The van der Waals surface area contributed by atoms with Gasteiger partial charge in [-0.2, -0.15) is 4.98 Å². The van der Waals surface area contributed by atoms with E-state index in [1.807, 2.05) is 38.1 Å². The topological polar surface area (TPSA) is 48.2 Å². The van der Waals surface area contributed by atoms with Crippen LogP contribution in [-0.2, 0) is 10.5 Å². The van der Waals surface area contributed by atoms with Crippen LogP contribution in [0.25, 0.3) is 0 Å². The maximum atomic E-state index is 5.83. The van der Waals surface area contributed by atoms with Gasteiger partial charge < -0.3 is 9.26 Å². The molecule has 0 amide bonds. The molecule has 1 aromatic carbocycles. The Morgan fingerprint density at radius 3 is 2.79 bits per heavy atom. The van der Waals surface area contributed by atoms with Crippen LogP contribution < -0.4 is 0 Å². The number of thioether (sulfide) groups is 1. The van der Waals surface area contributed by atoms with E-state index in [-0.39, 0.29) is 6.10 Å². The first-order chi connectivity index (χ1) is 9.19. The van der Waals surface area contributed by atoms with E-state index in [9.17, 15) is 0 Å². The summed E-state index contributed by atoms with van der Waals surface area (Å²) in [4.78, 5) is 5.42. The number of halogens is 1. The molecule has 0 aliphatic heterocycles. The van der Waals surface area contributed by atoms with E-state index < -0.39 is 0 Å². The Morgan fingerprint density at radius 1 is 1.37 bits per heavy atom. The van der Waals surface area contributed by atoms with Crippen LogP contribution in [-0.4, -0.2) is 16.7 Å². The van der Waals surface area contributed by atoms with Crippen LogP contribution in [0.2, 0.25) is 5.02 Å². The molecular weight excluding hydrogens is 284 g/mol. The standard InChI is InChI=1S/C13H15ClN2O2S/c1-3-17-9(2)13-15-12(18-16-13)8-19-11-6-4-10(14)5-7-11/h4-7,9H,3,8H2,1-2H3/t9-/m1/s1. The molecule has 0 fully saturated rings. The van der Waals surface area contributed by atoms with Crippen molar-refractivity contribution in [1.82, 2.24) is 10.1 Å². The molecule has 1 atom stereocenters. The van der Waals surface area contributed by atoms with Gasteiger partial charge in [0.15, 0.2) is 5.82 Å². The van der Waals surface area contributed by atoms with E-state index in [0.29, 0.717) is 24.1 Å². The van der Waals surface area contributed by atoms with Gasteiger partial charge in [0.1, 0.15) is 6.10 Å². The van der Waals surface area contributed by atoms with E-state index in [1.165, 1.54) is 0 Å². The number of ether oxygens (including phenoxy) is 1. The fraction of sp³-hybridized carbons (Fsp3) is 0.385. The highest BCUT2D eigenvalue weighted by Gasteiger charge is 2.13. The molecule has 2 aromatic rings. The molecule has 4 nitrogen and oxygen atoms in total. The zero-order valence-electron chi connectivity index (χ0n) is 10.8. The average Bonchev–Trinajstić information content (AvgIpc) is 2.87. The van der Waals surface area contributed by atoms with Gasteiger partial charge in [-0.25, -0.2) is 0 Å². The quantitative estimate of drug-likeness (QED) is 0.751. The first-order valence-corrected chi connectivity index (χ1v) is 7.38. The minimum absolute atomic E-state index is 0.136. The Kier molecular flexibility index (Phi) is 5.24. The normalized spacial score (nSPS) is 12.6. The van der Waals surface area contributed by atoms with Crippen molar-refractivity contribution in [2.45, 2.75) is 30.6 Å². The van der Waals surface area contributed by atoms with E-state index in [0.717, 1.165) is 9.92 Å². The van der Waals surface area contributed by atoms with Gasteiger partial charge in [0, 0.05) is 16.5 Å². The summed E-state index contributed by atoms with van der Waals surface area (Å²) >= 11 is 7.46. The lowest BCUT2D eigenvalue weighted by Gasteiger charge is -2.04. The van der Waals surface area contributed by atoms with Gasteiger partial charge >= 0.3 is 0 Å². The fourth-order valence-electron chi connectivity index (χ4n) is 1.49. The van der Waals surface area contributed by atoms with Crippen LogP contribution in [0.3, 0.4) is 0 Å². The number of aromatic nitrogens is 2. The molecule has 0 aliphatic rings. The maximum Gasteiger partial charge on any atom is 0.237 e. The van der Waals surface area contributed by atoms with Crippen molar-refractivity contribution in [2.24, 2.45) is 0 Å². The van der Waals surface area contributed by atoms with Gasteiger partial charge in [-0.15, -0.1) is 11.8 Å². The third kappa shape index (κ3) is 4.23. The van der Waals surface area contributed by atoms with E-state index in [4.69, 9.17) is 20.9 Å². The fourth-order valence-corrected chi connectivity index (χ4v) is 2.35. The zero-order valence-corrected chi connectivity index (χ0v) is 12.4. The highest BCUT2D eigenvalue weighted by atomic mass is 35.5. The molecule has 0 radical (unpaired) electrons. The van der Waals surface area contributed by atoms with Crippen molar-refractivity contribution >= 4 is 23.4 Å². The lowest BCUT2D eigenvalue weighted by Crippen LogP contribution is -2.01. The second-order valence-corrected chi connectivity index (χ2v) is 5.37. The van der Waals surface area contributed by atoms with Crippen molar-refractivity contribution in [3.63, 3.8) is 0 Å². The van der Waals surface area contributed by atoms with Crippen LogP contribution in [0.15, 0.2) is 33.7 Å². The molecule has 19 heavy (non-hydrogen) atoms. The zero-order chi connectivity index (χ0) is 13.7. The molecule has 0 spiro atoms. The van der Waals surface area contributed by atoms with Crippen LogP contribution in [0.1, 0.15) is 31.7 Å². The highest BCUT2D eigenvalue weighted by molar-refractivity contribution is 7.98. The maximum absolute atomic E-state index is 5.83. The van der Waals surface area contributed by atoms with E-state index in [2.05, 4.69) is 10.1 Å². The highest BCUT2D eigenvalue weighted by Crippen LogP contribution is 2.24. The Hall–Kier alpha value is -1.04. The van der Waals surface area contributed by atoms with Gasteiger partial charge in [0.05, 0.1) is 5.75 Å². The number of benzene rings is 1. The summed E-state index contributed by atoms with van der Waals surface area (Å²) in [5.74, 6) is 1.82. The summed E-state index contributed by atoms with van der Waals surface area (Å²) in [6.45, 7) is 4.48. The van der Waals surface area contributed by atoms with Crippen molar-refractivity contribution in [1.29, 1.82) is 0 Å². The molecule has 0 N–H and O–H groups in total. The molecule has 6 heteroatoms. The summed E-state index contributed by atoms with van der Waals surface area (Å²) in [7, 11) is 0. The third-order valence-corrected chi connectivity index (χ3v) is 3.69. The Bertz CT molecular complexity index is 516. The second kappa shape index (κ2) is 6.93. The van der Waals surface area contributed by atoms with Gasteiger partial charge in [0.2, 0.25) is 5.89 Å². The van der Waals surface area contributed by atoms with Crippen LogP contribution >= 0.6 is 23.4 Å². The first-order valence-electron chi connectivity index (χ1n) is 6.01. The van der Waals surface area contributed by atoms with Crippen LogP contribution in [0.5, 0.6) is 0 Å². The molecule has 1 aromatic heterocycles. The molecule has 102 valence electrons. The Labute approximate surface area is 121 Å². The Morgan fingerprint density at radius 2 is 2.11 bits per heavy atom. The van der Waals surface area contributed by atoms with Gasteiger partial charge in [-0.1, -0.05) is 16.8 Å². The molecule has 0 aliphatic carbocycles. The molecule has 2 rings (SSSR count). The predicted octanol–water partition coefficient (Wildman–Crippen LogP) is 4.11. The predicted molar refractivity (Wildman–Crippen MR) is 75.4 cm³/mol. The lowest BCUT2D eigenvalue weighted by atomic mass is 10.4. The number of hydrogen-bond donors (Lipinski definition) is 0. The van der Waals surface area contributed by atoms with Crippen molar-refractivity contribution in [2.75, 3.05) is 6.61 Å². The number of hydrogen-bond acceptors (Lipinski definition) is 5. The number of rotatable bonds is 6. The molecular formula is C13H15ClN2O2S. The summed E-state index contributed by atoms with van der Waals surface area (Å²) in [6, 6.07) is 7.65. The minimum Gasteiger partial charge on any atom is -0.371 e. The molecule has 0 unspecified atom stereocenters. The SMILES string of the molecule is CCO[C@H](C)c1noc(CSc2ccc(Cl)cc2)n1. The average molecular weight is 299 g/mol. The molecule has 1 heterocycles. The van der Waals surface area contributed by atoms with Crippen LogP contribution in [0, 0.1) is 0 Å². The summed E-state index contributed by atoms with van der Waals surface area (Å²) in [6.07, 6.45) is -0.136. The third-order valence-electron chi connectivity index (χ3n) is 2.44. The monoisotopic (exact) mass is 298 g/mol. The van der Waals surface area contributed by atoms with Crippen molar-refractivity contribution in [3.05, 3.63) is 41.0 Å². The van der Waals surface area contributed by atoms with Crippen LogP contribution in [0.4, 0.5) is 0 Å². The van der Waals surface area contributed by atoms with Crippen molar-refractivity contribution in [3.8, 4) is 0 Å². The minimum atomic E-state index is -0.136. The summed E-state index contributed by atoms with van der Waals surface area (Å²) in [5, 5.41) is 4.65.